The lowest BCUT2D eigenvalue weighted by Crippen LogP contribution is -2.12. The average molecular weight is 331 g/mol. The number of amides is 1. The Hall–Kier alpha value is -2.32. The first kappa shape index (κ1) is 14.1. The van der Waals surface area contributed by atoms with Crippen LogP contribution in [-0.4, -0.2) is 11.0 Å². The Bertz CT molecular complexity index is 720. The van der Waals surface area contributed by atoms with Crippen molar-refractivity contribution in [3.63, 3.8) is 0 Å². The number of nitrogens with one attached hydrogen (secondary N) is 1. The molecule has 0 bridgehead atoms. The molecule has 5 heteroatoms. The smallest absolute Gasteiger partial charge is 0.255 e. The van der Waals surface area contributed by atoms with Crippen molar-refractivity contribution in [1.82, 2.24) is 0 Å². The van der Waals surface area contributed by atoms with Crippen molar-refractivity contribution in [2.75, 3.05) is 5.32 Å². The molecular weight excluding hydrogens is 320 g/mol. The summed E-state index contributed by atoms with van der Waals surface area (Å²) in [6, 6.07) is 11.6. The first-order valence-electron chi connectivity index (χ1n) is 5.82. The van der Waals surface area contributed by atoms with Crippen molar-refractivity contribution in [1.29, 1.82) is 5.26 Å². The lowest BCUT2D eigenvalue weighted by Gasteiger charge is -2.08. The molecule has 0 fully saturated rings. The standard InChI is InChI=1S/C15H11BrN2O2/c1-9-6-11(3-5-14(9)19)15(20)18-13-4-2-10(8-17)7-12(13)16/h2-7,19H,1H3,(H,18,20). The van der Waals surface area contributed by atoms with Gasteiger partial charge < -0.3 is 10.4 Å². The van der Waals surface area contributed by atoms with Crippen LogP contribution >= 0.6 is 15.9 Å². The molecule has 0 saturated heterocycles. The van der Waals surface area contributed by atoms with E-state index >= 15 is 0 Å². The third kappa shape index (κ3) is 2.98. The first-order chi connectivity index (χ1) is 9.51. The van der Waals surface area contributed by atoms with E-state index < -0.39 is 0 Å². The molecule has 0 unspecified atom stereocenters. The molecule has 100 valence electrons. The van der Waals surface area contributed by atoms with Crippen LogP contribution in [0.15, 0.2) is 40.9 Å². The zero-order valence-corrected chi connectivity index (χ0v) is 12.2. The number of phenols is 1. The Morgan fingerprint density at radius 3 is 2.65 bits per heavy atom. The van der Waals surface area contributed by atoms with Crippen LogP contribution in [-0.2, 0) is 0 Å². The Kier molecular flexibility index (Phi) is 4.06. The molecule has 2 aromatic rings. The second-order valence-corrected chi connectivity index (χ2v) is 5.12. The molecule has 0 atom stereocenters. The van der Waals surface area contributed by atoms with Crippen molar-refractivity contribution >= 4 is 27.5 Å². The maximum Gasteiger partial charge on any atom is 0.255 e. The van der Waals surface area contributed by atoms with E-state index in [-0.39, 0.29) is 11.7 Å². The highest BCUT2D eigenvalue weighted by molar-refractivity contribution is 9.10. The summed E-state index contributed by atoms with van der Waals surface area (Å²) < 4.78 is 0.639. The number of carbonyl (C=O) groups excluding carboxylic acids is 1. The number of phenolic OH excluding ortho intramolecular Hbond substituents is 1. The van der Waals surface area contributed by atoms with E-state index in [1.807, 2.05) is 6.07 Å². The number of benzene rings is 2. The van der Waals surface area contributed by atoms with Crippen molar-refractivity contribution in [3.8, 4) is 11.8 Å². The van der Waals surface area contributed by atoms with Gasteiger partial charge in [0.05, 0.1) is 17.3 Å². The van der Waals surface area contributed by atoms with Crippen molar-refractivity contribution in [2.24, 2.45) is 0 Å². The SMILES string of the molecule is Cc1cc(C(=O)Nc2ccc(C#N)cc2Br)ccc1O. The lowest BCUT2D eigenvalue weighted by molar-refractivity contribution is 0.102. The summed E-state index contributed by atoms with van der Waals surface area (Å²) in [6.45, 7) is 1.73. The number of nitriles is 1. The fourth-order valence-electron chi connectivity index (χ4n) is 1.68. The molecule has 2 aromatic carbocycles. The van der Waals surface area contributed by atoms with Gasteiger partial charge in [-0.2, -0.15) is 5.26 Å². The van der Waals surface area contributed by atoms with E-state index in [0.717, 1.165) is 0 Å². The van der Waals surface area contributed by atoms with Crippen molar-refractivity contribution < 1.29 is 9.90 Å². The Morgan fingerprint density at radius 1 is 1.30 bits per heavy atom. The third-order valence-electron chi connectivity index (χ3n) is 2.81. The highest BCUT2D eigenvalue weighted by atomic mass is 79.9. The maximum atomic E-state index is 12.1. The summed E-state index contributed by atoms with van der Waals surface area (Å²) in [5.74, 6) is -0.125. The second kappa shape index (κ2) is 5.76. The van der Waals surface area contributed by atoms with Crippen molar-refractivity contribution in [2.45, 2.75) is 6.92 Å². The highest BCUT2D eigenvalue weighted by Crippen LogP contribution is 2.24. The van der Waals surface area contributed by atoms with Crippen LogP contribution in [0.2, 0.25) is 0 Å². The van der Waals surface area contributed by atoms with Crippen LogP contribution in [0.4, 0.5) is 5.69 Å². The zero-order chi connectivity index (χ0) is 14.7. The molecule has 0 heterocycles. The number of nitrogens with zero attached hydrogens (tertiary/aromatic N) is 1. The molecule has 4 nitrogen and oxygen atoms in total. The van der Waals surface area contributed by atoms with E-state index in [1.165, 1.54) is 6.07 Å². The Balaban J connectivity index is 2.23. The number of anilines is 1. The van der Waals surface area contributed by atoms with Gasteiger partial charge in [-0.05, 0) is 64.8 Å². The quantitative estimate of drug-likeness (QED) is 0.883. The maximum absolute atomic E-state index is 12.1. The molecule has 0 spiro atoms. The van der Waals surface area contributed by atoms with E-state index in [4.69, 9.17) is 5.26 Å². The van der Waals surface area contributed by atoms with Gasteiger partial charge in [-0.1, -0.05) is 0 Å². The lowest BCUT2D eigenvalue weighted by atomic mass is 10.1. The van der Waals surface area contributed by atoms with Gasteiger partial charge in [0.15, 0.2) is 0 Å². The predicted molar refractivity (Wildman–Crippen MR) is 79.7 cm³/mol. The van der Waals surface area contributed by atoms with Gasteiger partial charge in [-0.3, -0.25) is 4.79 Å². The van der Waals surface area contributed by atoms with Crippen LogP contribution in [0.3, 0.4) is 0 Å². The number of rotatable bonds is 2. The van der Waals surface area contributed by atoms with Crippen LogP contribution < -0.4 is 5.32 Å². The number of aryl methyl sites for hydroxylation is 1. The second-order valence-electron chi connectivity index (χ2n) is 4.26. The molecule has 2 N–H and O–H groups in total. The topological polar surface area (TPSA) is 73.1 Å². The van der Waals surface area contributed by atoms with E-state index in [9.17, 15) is 9.90 Å². The number of hydrogen-bond acceptors (Lipinski definition) is 3. The van der Waals surface area contributed by atoms with E-state index in [2.05, 4.69) is 21.2 Å². The van der Waals surface area contributed by atoms with Gasteiger partial charge >= 0.3 is 0 Å². The summed E-state index contributed by atoms with van der Waals surface area (Å²) >= 11 is 3.31. The highest BCUT2D eigenvalue weighted by Gasteiger charge is 2.10. The normalized spacial score (nSPS) is 9.85. The van der Waals surface area contributed by atoms with Gasteiger partial charge in [-0.15, -0.1) is 0 Å². The summed E-state index contributed by atoms with van der Waals surface area (Å²) in [5, 5.41) is 21.0. The van der Waals surface area contributed by atoms with Gasteiger partial charge in [0.25, 0.3) is 5.91 Å². The van der Waals surface area contributed by atoms with Crippen LogP contribution in [0.25, 0.3) is 0 Å². The van der Waals surface area contributed by atoms with Crippen molar-refractivity contribution in [3.05, 3.63) is 57.6 Å². The predicted octanol–water partition coefficient (Wildman–Crippen LogP) is 3.59. The molecule has 0 aromatic heterocycles. The van der Waals surface area contributed by atoms with Gasteiger partial charge in [0.1, 0.15) is 5.75 Å². The molecule has 20 heavy (non-hydrogen) atoms. The zero-order valence-electron chi connectivity index (χ0n) is 10.6. The molecular formula is C15H11BrN2O2. The minimum atomic E-state index is -0.279. The number of hydrogen-bond donors (Lipinski definition) is 2. The molecule has 0 aliphatic heterocycles. The van der Waals surface area contributed by atoms with Crippen LogP contribution in [0.5, 0.6) is 5.75 Å². The first-order valence-corrected chi connectivity index (χ1v) is 6.61. The molecule has 0 saturated carbocycles. The van der Waals surface area contributed by atoms with Crippen LogP contribution in [0.1, 0.15) is 21.5 Å². The van der Waals surface area contributed by atoms with Gasteiger partial charge in [-0.25, -0.2) is 0 Å². The number of carbonyl (C=O) groups is 1. The summed E-state index contributed by atoms with van der Waals surface area (Å²) in [4.78, 5) is 12.1. The largest absolute Gasteiger partial charge is 0.508 e. The third-order valence-corrected chi connectivity index (χ3v) is 3.46. The fourth-order valence-corrected chi connectivity index (χ4v) is 2.16. The molecule has 0 aliphatic carbocycles. The van der Waals surface area contributed by atoms with Gasteiger partial charge in [0, 0.05) is 10.0 Å². The Labute approximate surface area is 124 Å². The number of aromatic hydroxyl groups is 1. The van der Waals surface area contributed by atoms with E-state index in [0.29, 0.717) is 26.9 Å². The minimum Gasteiger partial charge on any atom is -0.508 e. The van der Waals surface area contributed by atoms with Crippen LogP contribution in [0, 0.1) is 18.3 Å². The molecule has 0 aliphatic rings. The summed E-state index contributed by atoms with van der Waals surface area (Å²) in [7, 11) is 0. The van der Waals surface area contributed by atoms with E-state index in [1.54, 1.807) is 37.3 Å². The Morgan fingerprint density at radius 2 is 2.05 bits per heavy atom. The minimum absolute atomic E-state index is 0.154. The molecule has 2 rings (SSSR count). The molecule has 1 amide bonds. The number of halogens is 1. The van der Waals surface area contributed by atoms with Gasteiger partial charge in [0.2, 0.25) is 0 Å². The summed E-state index contributed by atoms with van der Waals surface area (Å²) in [5.41, 5.74) is 2.18. The average Bonchev–Trinajstić information content (AvgIpc) is 2.43. The monoisotopic (exact) mass is 330 g/mol. The molecule has 0 radical (unpaired) electrons. The fraction of sp³-hybridized carbons (Fsp3) is 0.0667. The summed E-state index contributed by atoms with van der Waals surface area (Å²) in [6.07, 6.45) is 0.